The maximum atomic E-state index is 6.46. The Morgan fingerprint density at radius 3 is 2.46 bits per heavy atom. The summed E-state index contributed by atoms with van der Waals surface area (Å²) in [4.78, 5) is 18.6. The summed E-state index contributed by atoms with van der Waals surface area (Å²) in [6.45, 7) is 0.559. The number of benzene rings is 2. The molecule has 1 atom stereocenters. The third kappa shape index (κ3) is 4.95. The second kappa shape index (κ2) is 10.3. The normalized spacial score (nSPS) is 11.8. The molecule has 5 aromatic rings. The highest BCUT2D eigenvalue weighted by Gasteiger charge is 2.17. The topological polar surface area (TPSA) is 98.8 Å². The summed E-state index contributed by atoms with van der Waals surface area (Å²) in [6, 6.07) is 23.7. The molecular weight excluding hydrogens is 436 g/mol. The molecule has 3 heterocycles. The lowest BCUT2D eigenvalue weighted by Gasteiger charge is -2.17. The van der Waals surface area contributed by atoms with Crippen molar-refractivity contribution < 1.29 is 4.74 Å². The van der Waals surface area contributed by atoms with Gasteiger partial charge in [-0.3, -0.25) is 9.97 Å². The van der Waals surface area contributed by atoms with Gasteiger partial charge in [-0.15, -0.1) is 0 Å². The Hall–Kier alpha value is -4.36. The summed E-state index contributed by atoms with van der Waals surface area (Å²) < 4.78 is 5.61. The number of pyridine rings is 2. The molecule has 7 nitrogen and oxygen atoms in total. The molecular formula is C28H26N6O. The fourth-order valence-electron chi connectivity index (χ4n) is 4.07. The van der Waals surface area contributed by atoms with Crippen LogP contribution in [-0.2, 0) is 6.42 Å². The molecule has 0 amide bonds. The Bertz CT molecular complexity index is 1430. The van der Waals surface area contributed by atoms with Gasteiger partial charge < -0.3 is 15.8 Å². The van der Waals surface area contributed by atoms with E-state index in [2.05, 4.69) is 27.4 Å². The molecule has 0 aliphatic heterocycles. The minimum atomic E-state index is -0.0812. The SMILES string of the molecule is COc1ccccc1-c1nccc2c(NC[C@H](N)Cc3ccccc3)nc(-c3ccncc3)nc12. The molecule has 5 rings (SSSR count). The number of hydrogen-bond donors (Lipinski definition) is 2. The van der Waals surface area contributed by atoms with E-state index in [1.165, 1.54) is 5.56 Å². The highest BCUT2D eigenvalue weighted by Crippen LogP contribution is 2.35. The fraction of sp³-hybridized carbons (Fsp3) is 0.143. The number of para-hydroxylation sites is 1. The number of fused-ring (bicyclic) bond motifs is 1. The summed E-state index contributed by atoms with van der Waals surface area (Å²) in [5.41, 5.74) is 10.9. The van der Waals surface area contributed by atoms with Crippen LogP contribution in [0.25, 0.3) is 33.5 Å². The molecule has 0 saturated carbocycles. The number of ether oxygens (including phenoxy) is 1. The Balaban J connectivity index is 1.57. The Kier molecular flexibility index (Phi) is 6.59. The number of nitrogens with zero attached hydrogens (tertiary/aromatic N) is 4. The van der Waals surface area contributed by atoms with Gasteiger partial charge in [0.2, 0.25) is 0 Å². The Morgan fingerprint density at radius 2 is 1.66 bits per heavy atom. The van der Waals surface area contributed by atoms with E-state index >= 15 is 0 Å². The monoisotopic (exact) mass is 462 g/mol. The Labute approximate surface area is 204 Å². The van der Waals surface area contributed by atoms with E-state index in [1.807, 2.05) is 60.7 Å². The molecule has 0 aliphatic carbocycles. The molecule has 0 bridgehead atoms. The van der Waals surface area contributed by atoms with Crippen LogP contribution in [-0.4, -0.2) is 39.6 Å². The first kappa shape index (κ1) is 22.4. The average molecular weight is 463 g/mol. The van der Waals surface area contributed by atoms with E-state index in [9.17, 15) is 0 Å². The minimum Gasteiger partial charge on any atom is -0.496 e. The molecule has 2 aromatic carbocycles. The first-order valence-corrected chi connectivity index (χ1v) is 11.5. The zero-order valence-corrected chi connectivity index (χ0v) is 19.4. The number of nitrogens with two attached hydrogens (primary N) is 1. The first-order valence-electron chi connectivity index (χ1n) is 11.5. The fourth-order valence-corrected chi connectivity index (χ4v) is 4.07. The third-order valence-electron chi connectivity index (χ3n) is 5.79. The van der Waals surface area contributed by atoms with Crippen molar-refractivity contribution in [1.82, 2.24) is 19.9 Å². The van der Waals surface area contributed by atoms with Crippen molar-refractivity contribution in [3.63, 3.8) is 0 Å². The van der Waals surface area contributed by atoms with Gasteiger partial charge in [-0.05, 0) is 42.3 Å². The van der Waals surface area contributed by atoms with Gasteiger partial charge in [-0.2, -0.15) is 0 Å². The van der Waals surface area contributed by atoms with Gasteiger partial charge in [0.05, 0.1) is 7.11 Å². The minimum absolute atomic E-state index is 0.0812. The summed E-state index contributed by atoms with van der Waals surface area (Å²) >= 11 is 0. The number of methoxy groups -OCH3 is 1. The molecule has 0 spiro atoms. The average Bonchev–Trinajstić information content (AvgIpc) is 2.92. The Morgan fingerprint density at radius 1 is 0.886 bits per heavy atom. The van der Waals surface area contributed by atoms with Crippen LogP contribution in [0.5, 0.6) is 5.75 Å². The molecule has 0 aliphatic rings. The third-order valence-corrected chi connectivity index (χ3v) is 5.79. The lowest BCUT2D eigenvalue weighted by atomic mass is 10.1. The van der Waals surface area contributed by atoms with Crippen molar-refractivity contribution in [2.24, 2.45) is 5.73 Å². The van der Waals surface area contributed by atoms with Gasteiger partial charge in [0.1, 0.15) is 22.8 Å². The first-order chi connectivity index (χ1) is 17.2. The van der Waals surface area contributed by atoms with E-state index in [-0.39, 0.29) is 6.04 Å². The van der Waals surface area contributed by atoms with Crippen molar-refractivity contribution in [3.8, 4) is 28.4 Å². The number of anilines is 1. The van der Waals surface area contributed by atoms with Crippen molar-refractivity contribution in [1.29, 1.82) is 0 Å². The van der Waals surface area contributed by atoms with Gasteiger partial charge in [0.15, 0.2) is 5.82 Å². The van der Waals surface area contributed by atoms with Crippen LogP contribution >= 0.6 is 0 Å². The molecule has 7 heteroatoms. The van der Waals surface area contributed by atoms with E-state index in [0.717, 1.165) is 39.9 Å². The van der Waals surface area contributed by atoms with Gasteiger partial charge in [-0.1, -0.05) is 42.5 Å². The highest BCUT2D eigenvalue weighted by molar-refractivity contribution is 5.99. The highest BCUT2D eigenvalue weighted by atomic mass is 16.5. The van der Waals surface area contributed by atoms with Crippen LogP contribution in [0.1, 0.15) is 5.56 Å². The van der Waals surface area contributed by atoms with Gasteiger partial charge >= 0.3 is 0 Å². The standard InChI is InChI=1S/C28H26N6O/c1-35-24-10-6-5-9-22(24)25-26-23(13-16-31-25)28(34-27(33-26)20-11-14-30-15-12-20)32-18-21(29)17-19-7-3-2-4-8-19/h2-16,21H,17-18,29H2,1H3,(H,32,33,34)/t21-/m1/s1. The number of nitrogens with one attached hydrogen (secondary N) is 1. The summed E-state index contributed by atoms with van der Waals surface area (Å²) in [5, 5.41) is 4.34. The second-order valence-electron chi connectivity index (χ2n) is 8.22. The van der Waals surface area contributed by atoms with Gasteiger partial charge in [0, 0.05) is 47.7 Å². The summed E-state index contributed by atoms with van der Waals surface area (Å²) in [7, 11) is 1.66. The maximum absolute atomic E-state index is 6.46. The molecule has 0 radical (unpaired) electrons. The predicted molar refractivity (Wildman–Crippen MR) is 139 cm³/mol. The lowest BCUT2D eigenvalue weighted by Crippen LogP contribution is -2.31. The molecule has 174 valence electrons. The van der Waals surface area contributed by atoms with Crippen LogP contribution in [0.3, 0.4) is 0 Å². The maximum Gasteiger partial charge on any atom is 0.162 e. The van der Waals surface area contributed by atoms with E-state index in [4.69, 9.17) is 20.4 Å². The lowest BCUT2D eigenvalue weighted by molar-refractivity contribution is 0.416. The number of aromatic nitrogens is 4. The van der Waals surface area contributed by atoms with Crippen LogP contribution in [0.4, 0.5) is 5.82 Å². The van der Waals surface area contributed by atoms with Crippen LogP contribution in [0.2, 0.25) is 0 Å². The van der Waals surface area contributed by atoms with Crippen molar-refractivity contribution >= 4 is 16.7 Å². The van der Waals surface area contributed by atoms with Crippen molar-refractivity contribution in [2.75, 3.05) is 19.0 Å². The molecule has 3 aromatic heterocycles. The van der Waals surface area contributed by atoms with Crippen molar-refractivity contribution in [3.05, 3.63) is 97.0 Å². The van der Waals surface area contributed by atoms with E-state index in [1.54, 1.807) is 25.7 Å². The van der Waals surface area contributed by atoms with E-state index < -0.39 is 0 Å². The van der Waals surface area contributed by atoms with Crippen LogP contribution in [0, 0.1) is 0 Å². The van der Waals surface area contributed by atoms with Crippen LogP contribution in [0.15, 0.2) is 91.4 Å². The van der Waals surface area contributed by atoms with Gasteiger partial charge in [-0.25, -0.2) is 9.97 Å². The van der Waals surface area contributed by atoms with E-state index in [0.29, 0.717) is 18.2 Å². The molecule has 0 fully saturated rings. The van der Waals surface area contributed by atoms with Crippen LogP contribution < -0.4 is 15.8 Å². The predicted octanol–water partition coefficient (Wildman–Crippen LogP) is 4.74. The molecule has 35 heavy (non-hydrogen) atoms. The number of hydrogen-bond acceptors (Lipinski definition) is 7. The molecule has 3 N–H and O–H groups in total. The zero-order valence-electron chi connectivity index (χ0n) is 19.4. The molecule has 0 saturated heterocycles. The van der Waals surface area contributed by atoms with Gasteiger partial charge in [0.25, 0.3) is 0 Å². The largest absolute Gasteiger partial charge is 0.496 e. The summed E-state index contributed by atoms with van der Waals surface area (Å²) in [6.07, 6.45) is 6.00. The van der Waals surface area contributed by atoms with Crippen molar-refractivity contribution in [2.45, 2.75) is 12.5 Å². The smallest absolute Gasteiger partial charge is 0.162 e. The second-order valence-corrected chi connectivity index (χ2v) is 8.22. The zero-order chi connectivity index (χ0) is 24.0. The summed E-state index contributed by atoms with van der Waals surface area (Å²) in [5.74, 6) is 2.03. The number of rotatable bonds is 8. The quantitative estimate of drug-likeness (QED) is 0.343. The molecule has 0 unspecified atom stereocenters.